The molecule has 11 rings (SSSR count). The van der Waals surface area contributed by atoms with E-state index in [1.165, 1.54) is 37.9 Å². The molecule has 0 bridgehead atoms. The summed E-state index contributed by atoms with van der Waals surface area (Å²) in [7, 11) is 0. The molecule has 0 aliphatic rings. The molecule has 349 valence electrons. The molecule has 0 saturated carbocycles. The smallest absolute Gasteiger partial charge is 0 e. The molecule has 8 heteroatoms. The molecule has 6 aromatic carbocycles. The fraction of sp³-hybridized carbons (Fsp3) is 0.230. The topological polar surface area (TPSA) is 69.9 Å². The third-order valence-electron chi connectivity index (χ3n) is 13.0. The summed E-state index contributed by atoms with van der Waals surface area (Å²) < 4.78 is 16.5. The van der Waals surface area contributed by atoms with Crippen molar-refractivity contribution in [2.75, 3.05) is 0 Å². The summed E-state index contributed by atoms with van der Waals surface area (Å²) >= 11 is -1.99. The Morgan fingerprint density at radius 1 is 0.623 bits per heavy atom. The van der Waals surface area contributed by atoms with Crippen LogP contribution in [0.1, 0.15) is 75.8 Å². The van der Waals surface area contributed by atoms with Crippen molar-refractivity contribution in [2.45, 2.75) is 84.0 Å². The Bertz CT molecular complexity index is 3620. The second-order valence-corrected chi connectivity index (χ2v) is 30.8. The summed E-state index contributed by atoms with van der Waals surface area (Å²) in [5, 5.41) is 4.30. The average molecular weight is 1140 g/mol. The number of fused-ring (bicyclic) bond motifs is 7. The molecule has 0 N–H and O–H groups in total. The molecule has 0 aliphatic carbocycles. The van der Waals surface area contributed by atoms with E-state index in [4.69, 9.17) is 18.8 Å². The third kappa shape index (κ3) is 9.13. The van der Waals surface area contributed by atoms with Crippen LogP contribution in [0.25, 0.3) is 94.5 Å². The number of hydrogen-bond acceptors (Lipinski definition) is 5. The zero-order chi connectivity index (χ0) is 47.4. The fourth-order valence-electron chi connectivity index (χ4n) is 9.72. The quantitative estimate of drug-likeness (QED) is 0.106. The summed E-state index contributed by atoms with van der Waals surface area (Å²) in [6.07, 6.45) is 3.19. The number of benzene rings is 6. The minimum absolute atomic E-state index is 0. The number of para-hydroxylation sites is 3. The van der Waals surface area contributed by atoms with E-state index in [0.717, 1.165) is 84.1 Å². The Morgan fingerprint density at radius 3 is 1.96 bits per heavy atom. The number of pyridine rings is 2. The average Bonchev–Trinajstić information content (AvgIpc) is 4.02. The van der Waals surface area contributed by atoms with Crippen molar-refractivity contribution in [3.8, 4) is 39.5 Å². The standard InChI is InChI=1S/C37H31N2O.C24H27GeN2O.Ir/c1-23(2)30-21-26(25-13-6-5-7-14-25)22-31(24(3)4)35(30)39-33-19-10-9-18-32(33)38-37(39)29-17-12-16-28-27-15-8-11-20-34(27)40-36(28)29;1-15(2)12-17-13-22(26-14-21(17)25(4,5)6)20-9-7-8-18-19-11-10-16(3)27-24(19)28-23(18)20;/h5-16,18-24H,1-4H3;7-8,10-11,13-15H,12H2,1-6H3;/q2*-1;. The van der Waals surface area contributed by atoms with Crippen LogP contribution in [-0.4, -0.2) is 32.8 Å². The maximum atomic E-state index is 6.47. The Hall–Kier alpha value is -6.12. The fourth-order valence-corrected chi connectivity index (χ4v) is 13.0. The maximum absolute atomic E-state index is 6.47. The van der Waals surface area contributed by atoms with Gasteiger partial charge in [-0.2, -0.15) is 0 Å². The molecular weight excluding hydrogens is 1090 g/mol. The van der Waals surface area contributed by atoms with E-state index in [1.807, 2.05) is 37.3 Å². The van der Waals surface area contributed by atoms with E-state index in [9.17, 15) is 0 Å². The Labute approximate surface area is 421 Å². The molecule has 0 saturated heterocycles. The van der Waals surface area contributed by atoms with Gasteiger partial charge in [-0.15, -0.1) is 18.2 Å². The first-order chi connectivity index (χ1) is 32.7. The molecular formula is C61H58GeIrN4O2-2. The van der Waals surface area contributed by atoms with E-state index in [0.29, 0.717) is 23.5 Å². The van der Waals surface area contributed by atoms with Crippen LogP contribution in [0.2, 0.25) is 17.3 Å². The molecule has 5 heterocycles. The van der Waals surface area contributed by atoms with E-state index in [1.54, 1.807) is 0 Å². The Morgan fingerprint density at radius 2 is 1.26 bits per heavy atom. The van der Waals surface area contributed by atoms with Gasteiger partial charge in [-0.3, -0.25) is 4.98 Å². The van der Waals surface area contributed by atoms with Gasteiger partial charge in [-0.25, -0.2) is 0 Å². The van der Waals surface area contributed by atoms with Crippen molar-refractivity contribution in [2.24, 2.45) is 5.92 Å². The van der Waals surface area contributed by atoms with E-state index < -0.39 is 13.3 Å². The summed E-state index contributed by atoms with van der Waals surface area (Å²) in [5.41, 5.74) is 16.6. The maximum Gasteiger partial charge on any atom is 0 e. The second-order valence-electron chi connectivity index (χ2n) is 20.2. The molecule has 0 amide bonds. The predicted molar refractivity (Wildman–Crippen MR) is 286 cm³/mol. The van der Waals surface area contributed by atoms with E-state index in [2.05, 4.69) is 190 Å². The summed E-state index contributed by atoms with van der Waals surface area (Å²) in [6.45, 7) is 15.7. The Kier molecular flexibility index (Phi) is 13.4. The van der Waals surface area contributed by atoms with Crippen molar-refractivity contribution < 1.29 is 28.9 Å². The van der Waals surface area contributed by atoms with Crippen LogP contribution in [0.5, 0.6) is 0 Å². The van der Waals surface area contributed by atoms with Crippen LogP contribution in [0.3, 0.4) is 0 Å². The van der Waals surface area contributed by atoms with Crippen molar-refractivity contribution in [3.05, 3.63) is 174 Å². The van der Waals surface area contributed by atoms with Gasteiger partial charge >= 0.3 is 170 Å². The van der Waals surface area contributed by atoms with Crippen molar-refractivity contribution in [1.82, 2.24) is 19.5 Å². The number of imidazole rings is 1. The number of hydrogen-bond donors (Lipinski definition) is 0. The number of nitrogens with zero attached hydrogens (tertiary/aromatic N) is 4. The summed E-state index contributed by atoms with van der Waals surface area (Å²) in [6, 6.07) is 53.4. The van der Waals surface area contributed by atoms with Gasteiger partial charge in [-0.1, -0.05) is 99.3 Å². The molecule has 0 atom stereocenters. The van der Waals surface area contributed by atoms with Crippen LogP contribution in [0.4, 0.5) is 0 Å². The molecule has 1 radical (unpaired) electrons. The number of rotatable bonds is 9. The van der Waals surface area contributed by atoms with Crippen molar-refractivity contribution >= 4 is 72.7 Å². The minimum Gasteiger partial charge on any atom is 0 e. The van der Waals surface area contributed by atoms with Gasteiger partial charge in [0.15, 0.2) is 0 Å². The van der Waals surface area contributed by atoms with Gasteiger partial charge in [0.1, 0.15) is 5.58 Å². The first-order valence-corrected chi connectivity index (χ1v) is 31.3. The normalized spacial score (nSPS) is 12.0. The Balaban J connectivity index is 0.000000180. The monoisotopic (exact) mass is 1150 g/mol. The number of aryl methyl sites for hydroxylation is 1. The summed E-state index contributed by atoms with van der Waals surface area (Å²) in [5.74, 6) is 9.35. The molecule has 0 unspecified atom stereocenters. The van der Waals surface area contributed by atoms with Gasteiger partial charge < -0.3 is 8.98 Å². The van der Waals surface area contributed by atoms with Crippen LogP contribution in [0.15, 0.2) is 148 Å². The van der Waals surface area contributed by atoms with Gasteiger partial charge in [0.05, 0.1) is 22.4 Å². The molecule has 6 nitrogen and oxygen atoms in total. The van der Waals surface area contributed by atoms with Crippen molar-refractivity contribution in [1.29, 1.82) is 0 Å². The first kappa shape index (κ1) is 47.9. The first-order valence-electron chi connectivity index (χ1n) is 24.0. The van der Waals surface area contributed by atoms with Crippen LogP contribution in [-0.2, 0) is 26.5 Å². The minimum atomic E-state index is -1.99. The van der Waals surface area contributed by atoms with Gasteiger partial charge in [0.25, 0.3) is 0 Å². The number of aromatic nitrogens is 4. The summed E-state index contributed by atoms with van der Waals surface area (Å²) in [4.78, 5) is 14.6. The SMILES string of the molecule is CC(C)c1cc(-c2ccccc2)cc(C(C)C)c1-n1c(-c2[c-]ccc3c2oc2ccccc23)nc2ccccc21.Cc1ccc2c(n1)oc1c(-c3cc(CC(C)C)[c]([Ge]([CH3])([CH3])[CH3])cn3)[c-]ccc12.[Ir]. The molecule has 0 spiro atoms. The largest absolute Gasteiger partial charge is 0 e. The second kappa shape index (κ2) is 19.3. The predicted octanol–water partition coefficient (Wildman–Crippen LogP) is 16.2. The zero-order valence-corrected chi connectivity index (χ0v) is 45.7. The number of furan rings is 2. The van der Waals surface area contributed by atoms with E-state index >= 15 is 0 Å². The molecule has 0 aliphatic heterocycles. The van der Waals surface area contributed by atoms with Crippen molar-refractivity contribution in [3.63, 3.8) is 0 Å². The van der Waals surface area contributed by atoms with E-state index in [-0.39, 0.29) is 20.1 Å². The van der Waals surface area contributed by atoms with Crippen LogP contribution in [0, 0.1) is 25.0 Å². The molecule has 0 fully saturated rings. The van der Waals surface area contributed by atoms with Gasteiger partial charge in [0.2, 0.25) is 0 Å². The van der Waals surface area contributed by atoms with Gasteiger partial charge in [0, 0.05) is 31.2 Å². The van der Waals surface area contributed by atoms with Crippen LogP contribution >= 0.6 is 0 Å². The van der Waals surface area contributed by atoms with Crippen LogP contribution < -0.4 is 4.40 Å². The third-order valence-corrected chi connectivity index (χ3v) is 17.3. The molecule has 11 aromatic rings. The molecule has 69 heavy (non-hydrogen) atoms. The zero-order valence-electron chi connectivity index (χ0n) is 41.2. The molecule has 5 aromatic heterocycles. The van der Waals surface area contributed by atoms with Gasteiger partial charge in [-0.05, 0) is 64.4 Å².